The Morgan fingerprint density at radius 2 is 1.92 bits per heavy atom. The molecule has 0 aliphatic rings. The van der Waals surface area contributed by atoms with E-state index in [2.05, 4.69) is 4.98 Å². The molecule has 3 rings (SSSR count). The molecule has 0 saturated heterocycles. The monoisotopic (exact) mass is 366 g/mol. The van der Waals surface area contributed by atoms with Crippen LogP contribution in [-0.4, -0.2) is 27.9 Å². The number of nitrogens with zero attached hydrogens (tertiary/aromatic N) is 1. The van der Waals surface area contributed by atoms with Crippen molar-refractivity contribution in [3.05, 3.63) is 70.0 Å². The molecule has 1 aromatic heterocycles. The summed E-state index contributed by atoms with van der Waals surface area (Å²) in [6.07, 6.45) is 1.45. The first-order chi connectivity index (χ1) is 12.5. The second-order valence-electron chi connectivity index (χ2n) is 5.78. The van der Waals surface area contributed by atoms with Crippen LogP contribution in [0.1, 0.15) is 22.8 Å². The van der Waals surface area contributed by atoms with Gasteiger partial charge in [-0.2, -0.15) is 0 Å². The smallest absolute Gasteiger partial charge is 0.343 e. The van der Waals surface area contributed by atoms with E-state index >= 15 is 0 Å². The van der Waals surface area contributed by atoms with E-state index in [1.807, 2.05) is 31.2 Å². The summed E-state index contributed by atoms with van der Waals surface area (Å²) in [5.74, 6) is -1.09. The van der Waals surface area contributed by atoms with E-state index in [1.54, 1.807) is 35.8 Å². The van der Waals surface area contributed by atoms with Crippen LogP contribution >= 0.6 is 12.2 Å². The van der Waals surface area contributed by atoms with Gasteiger partial charge in [-0.05, 0) is 43.8 Å². The fraction of sp³-hybridized carbons (Fsp3) is 0.150. The van der Waals surface area contributed by atoms with Crippen molar-refractivity contribution in [1.82, 2.24) is 9.55 Å². The Morgan fingerprint density at radius 3 is 2.62 bits per heavy atom. The second-order valence-corrected chi connectivity index (χ2v) is 6.17. The maximum absolute atomic E-state index is 12.9. The van der Waals surface area contributed by atoms with Gasteiger partial charge in [-0.1, -0.05) is 36.4 Å². The fourth-order valence-corrected chi connectivity index (χ4v) is 2.92. The summed E-state index contributed by atoms with van der Waals surface area (Å²) in [6.45, 7) is 3.85. The van der Waals surface area contributed by atoms with Gasteiger partial charge in [-0.3, -0.25) is 9.36 Å². The minimum absolute atomic E-state index is 0.0735. The quantitative estimate of drug-likeness (QED) is 0.183. The van der Waals surface area contributed by atoms with Crippen molar-refractivity contribution in [1.29, 1.82) is 0 Å². The largest absolute Gasteiger partial charge is 0.462 e. The number of hydrogen-bond acceptors (Lipinski definition) is 4. The van der Waals surface area contributed by atoms with Gasteiger partial charge < -0.3 is 9.72 Å². The van der Waals surface area contributed by atoms with E-state index in [0.29, 0.717) is 10.3 Å². The van der Waals surface area contributed by atoms with Gasteiger partial charge in [0.05, 0.1) is 17.6 Å². The summed E-state index contributed by atoms with van der Waals surface area (Å²) in [7, 11) is 0. The van der Waals surface area contributed by atoms with E-state index < -0.39 is 11.8 Å². The topological polar surface area (TPSA) is 64.1 Å². The number of Topliss-reactive ketones (excluding diaryl/α,β-unsaturated/α-hetero) is 1. The highest BCUT2D eigenvalue weighted by Gasteiger charge is 2.22. The molecule has 0 radical (unpaired) electrons. The third-order valence-corrected chi connectivity index (χ3v) is 4.20. The number of nitrogens with one attached hydrogen (secondary N) is 1. The number of hydrogen-bond donors (Lipinski definition) is 1. The van der Waals surface area contributed by atoms with Gasteiger partial charge in [0, 0.05) is 11.8 Å². The number of fused-ring (bicyclic) bond motifs is 1. The lowest BCUT2D eigenvalue weighted by atomic mass is 10.0. The third kappa shape index (κ3) is 3.50. The molecule has 6 heteroatoms. The Hall–Kier alpha value is -2.99. The lowest BCUT2D eigenvalue weighted by Crippen LogP contribution is -2.17. The number of ketones is 1. The number of H-pyrrole nitrogens is 1. The van der Waals surface area contributed by atoms with Gasteiger partial charge in [-0.15, -0.1) is 0 Å². The van der Waals surface area contributed by atoms with Crippen molar-refractivity contribution in [2.24, 2.45) is 0 Å². The molecule has 1 N–H and O–H groups in total. The summed E-state index contributed by atoms with van der Waals surface area (Å²) >= 11 is 5.37. The number of ether oxygens (including phenoxy) is 1. The number of aromatic amines is 1. The summed E-state index contributed by atoms with van der Waals surface area (Å²) in [6, 6.07) is 14.4. The lowest BCUT2D eigenvalue weighted by Gasteiger charge is -2.07. The molecule has 0 atom stereocenters. The molecule has 0 aliphatic carbocycles. The van der Waals surface area contributed by atoms with E-state index in [0.717, 1.165) is 16.6 Å². The SMILES string of the molecule is CCOC(=O)/C(=C\n1c(=S)[nH]c2cc(C)ccc21)C(=O)c1ccccc1. The second kappa shape index (κ2) is 7.49. The maximum Gasteiger partial charge on any atom is 0.343 e. The molecule has 132 valence electrons. The zero-order valence-corrected chi connectivity index (χ0v) is 15.3. The number of esters is 1. The van der Waals surface area contributed by atoms with Crippen LogP contribution in [-0.2, 0) is 9.53 Å². The number of benzene rings is 2. The van der Waals surface area contributed by atoms with Gasteiger partial charge in [0.1, 0.15) is 5.57 Å². The summed E-state index contributed by atoms with van der Waals surface area (Å²) in [5.41, 5.74) is 3.03. The highest BCUT2D eigenvalue weighted by molar-refractivity contribution is 7.71. The minimum Gasteiger partial charge on any atom is -0.462 e. The van der Waals surface area contributed by atoms with Crippen LogP contribution in [0.25, 0.3) is 17.2 Å². The van der Waals surface area contributed by atoms with Crippen LogP contribution < -0.4 is 0 Å². The molecule has 2 aromatic carbocycles. The van der Waals surface area contributed by atoms with Gasteiger partial charge in [0.25, 0.3) is 0 Å². The van der Waals surface area contributed by atoms with Crippen LogP contribution in [0.5, 0.6) is 0 Å². The Balaban J connectivity index is 2.16. The number of aromatic nitrogens is 2. The molecule has 0 bridgehead atoms. The van der Waals surface area contributed by atoms with Gasteiger partial charge in [0.15, 0.2) is 4.77 Å². The van der Waals surface area contributed by atoms with Crippen LogP contribution in [0, 0.1) is 11.7 Å². The van der Waals surface area contributed by atoms with Gasteiger partial charge in [0.2, 0.25) is 5.78 Å². The number of carbonyl (C=O) groups excluding carboxylic acids is 2. The summed E-state index contributed by atoms with van der Waals surface area (Å²) in [4.78, 5) is 28.4. The highest BCUT2D eigenvalue weighted by atomic mass is 32.1. The first kappa shape index (κ1) is 17.8. The van der Waals surface area contributed by atoms with Crippen LogP contribution in [0.2, 0.25) is 0 Å². The van der Waals surface area contributed by atoms with Crippen LogP contribution in [0.15, 0.2) is 54.1 Å². The predicted molar refractivity (Wildman–Crippen MR) is 104 cm³/mol. The zero-order valence-electron chi connectivity index (χ0n) is 14.5. The standard InChI is InChI=1S/C20H18N2O3S/c1-3-25-19(24)15(18(23)14-7-5-4-6-8-14)12-22-17-10-9-13(2)11-16(17)21-20(22)26/h4-12H,3H2,1-2H3,(H,21,26)/b15-12-. The van der Waals surface area contributed by atoms with Crippen molar-refractivity contribution in [2.45, 2.75) is 13.8 Å². The molecule has 0 unspecified atom stereocenters. The zero-order chi connectivity index (χ0) is 18.7. The maximum atomic E-state index is 12.9. The average Bonchev–Trinajstić information content (AvgIpc) is 2.94. The van der Waals surface area contributed by atoms with Gasteiger partial charge >= 0.3 is 5.97 Å². The first-order valence-corrected chi connectivity index (χ1v) is 8.61. The van der Waals surface area contributed by atoms with Gasteiger partial charge in [-0.25, -0.2) is 4.79 Å². The third-order valence-electron chi connectivity index (χ3n) is 3.91. The molecule has 0 amide bonds. The number of carbonyl (C=O) groups is 2. The lowest BCUT2D eigenvalue weighted by molar-refractivity contribution is -0.137. The summed E-state index contributed by atoms with van der Waals surface area (Å²) in [5, 5.41) is 0. The molecule has 26 heavy (non-hydrogen) atoms. The Morgan fingerprint density at radius 1 is 1.19 bits per heavy atom. The van der Waals surface area contributed by atoms with Crippen molar-refractivity contribution in [3.63, 3.8) is 0 Å². The van der Waals surface area contributed by atoms with Crippen molar-refractivity contribution in [3.8, 4) is 0 Å². The van der Waals surface area contributed by atoms with E-state index in [9.17, 15) is 9.59 Å². The minimum atomic E-state index is -0.676. The van der Waals surface area contributed by atoms with Crippen molar-refractivity contribution < 1.29 is 14.3 Å². The fourth-order valence-electron chi connectivity index (χ4n) is 2.66. The molecule has 1 heterocycles. The summed E-state index contributed by atoms with van der Waals surface area (Å²) < 4.78 is 7.10. The molecular weight excluding hydrogens is 348 g/mol. The Kier molecular flexibility index (Phi) is 5.14. The molecule has 0 spiro atoms. The van der Waals surface area contributed by atoms with E-state index in [1.165, 1.54) is 6.20 Å². The normalized spacial score (nSPS) is 11.5. The molecule has 5 nitrogen and oxygen atoms in total. The number of rotatable bonds is 5. The Labute approximate surface area is 155 Å². The molecule has 0 fully saturated rings. The molecule has 0 aliphatic heterocycles. The average molecular weight is 366 g/mol. The van der Waals surface area contributed by atoms with Crippen LogP contribution in [0.4, 0.5) is 0 Å². The van der Waals surface area contributed by atoms with Crippen LogP contribution in [0.3, 0.4) is 0 Å². The predicted octanol–water partition coefficient (Wildman–Crippen LogP) is 4.29. The van der Waals surface area contributed by atoms with Crippen molar-refractivity contribution >= 4 is 41.2 Å². The molecular formula is C20H18N2O3S. The Bertz CT molecular complexity index is 1060. The molecule has 0 saturated carbocycles. The number of imidazole rings is 1. The van der Waals surface area contributed by atoms with E-state index in [-0.39, 0.29) is 12.2 Å². The molecule has 3 aromatic rings. The van der Waals surface area contributed by atoms with Crippen molar-refractivity contribution in [2.75, 3.05) is 6.61 Å². The number of aryl methyl sites for hydroxylation is 1. The van der Waals surface area contributed by atoms with E-state index in [4.69, 9.17) is 17.0 Å². The first-order valence-electron chi connectivity index (χ1n) is 8.21. The highest BCUT2D eigenvalue weighted by Crippen LogP contribution is 2.19.